The average molecular weight is 306 g/mol. The average Bonchev–Trinajstić information content (AvgIpc) is 2.48. The van der Waals surface area contributed by atoms with Crippen LogP contribution >= 0.6 is 23.4 Å². The Hall–Kier alpha value is -1.16. The standard InChI is InChI=1S/C16H16ClNOS/c17-12-5-6-15(19)11(9-12)10-18-14-7-8-20-16-4-2-1-3-13(14)16/h1-6,9,14,18-19H,7-8,10H2. The number of hydrogen-bond acceptors (Lipinski definition) is 3. The van der Waals surface area contributed by atoms with Crippen LogP contribution in [0.4, 0.5) is 0 Å². The molecule has 1 aliphatic rings. The first kappa shape index (κ1) is 13.8. The van der Waals surface area contributed by atoms with Crippen LogP contribution in [0.2, 0.25) is 5.02 Å². The summed E-state index contributed by atoms with van der Waals surface area (Å²) in [4.78, 5) is 1.35. The highest BCUT2D eigenvalue weighted by atomic mass is 35.5. The lowest BCUT2D eigenvalue weighted by atomic mass is 10.0. The Morgan fingerprint density at radius 3 is 3.00 bits per heavy atom. The van der Waals surface area contributed by atoms with E-state index in [1.165, 1.54) is 10.5 Å². The molecule has 20 heavy (non-hydrogen) atoms. The second-order valence-electron chi connectivity index (χ2n) is 4.88. The second kappa shape index (κ2) is 6.08. The van der Waals surface area contributed by atoms with Gasteiger partial charge in [-0.05, 0) is 42.0 Å². The van der Waals surface area contributed by atoms with Gasteiger partial charge < -0.3 is 10.4 Å². The molecule has 2 aromatic rings. The van der Waals surface area contributed by atoms with Crippen LogP contribution in [0.3, 0.4) is 0 Å². The molecule has 2 N–H and O–H groups in total. The number of fused-ring (bicyclic) bond motifs is 1. The van der Waals surface area contributed by atoms with Gasteiger partial charge in [0, 0.05) is 28.1 Å². The maximum absolute atomic E-state index is 9.86. The summed E-state index contributed by atoms with van der Waals surface area (Å²) in [6, 6.07) is 14.0. The minimum atomic E-state index is 0.292. The highest BCUT2D eigenvalue weighted by molar-refractivity contribution is 7.99. The van der Waals surface area contributed by atoms with Crippen LogP contribution in [0.1, 0.15) is 23.6 Å². The van der Waals surface area contributed by atoms with Crippen molar-refractivity contribution in [1.29, 1.82) is 0 Å². The third kappa shape index (κ3) is 2.95. The molecule has 0 saturated carbocycles. The van der Waals surface area contributed by atoms with Gasteiger partial charge in [0.2, 0.25) is 0 Å². The van der Waals surface area contributed by atoms with E-state index in [0.717, 1.165) is 17.7 Å². The third-order valence-corrected chi connectivity index (χ3v) is 4.90. The first-order valence-corrected chi connectivity index (χ1v) is 8.03. The largest absolute Gasteiger partial charge is 0.508 e. The van der Waals surface area contributed by atoms with E-state index in [1.54, 1.807) is 12.1 Å². The topological polar surface area (TPSA) is 32.3 Å². The van der Waals surface area contributed by atoms with E-state index in [1.807, 2.05) is 17.8 Å². The van der Waals surface area contributed by atoms with Crippen LogP contribution in [0.25, 0.3) is 0 Å². The van der Waals surface area contributed by atoms with Crippen LogP contribution in [0, 0.1) is 0 Å². The number of benzene rings is 2. The summed E-state index contributed by atoms with van der Waals surface area (Å²) in [6.45, 7) is 0.621. The molecule has 1 heterocycles. The monoisotopic (exact) mass is 305 g/mol. The van der Waals surface area contributed by atoms with Crippen LogP contribution in [-0.4, -0.2) is 10.9 Å². The van der Waals surface area contributed by atoms with Gasteiger partial charge in [-0.3, -0.25) is 0 Å². The van der Waals surface area contributed by atoms with Gasteiger partial charge in [0.15, 0.2) is 0 Å². The molecule has 0 aromatic heterocycles. The first-order valence-electron chi connectivity index (χ1n) is 6.66. The lowest BCUT2D eigenvalue weighted by molar-refractivity contribution is 0.453. The van der Waals surface area contributed by atoms with Gasteiger partial charge >= 0.3 is 0 Å². The summed E-state index contributed by atoms with van der Waals surface area (Å²) in [7, 11) is 0. The van der Waals surface area contributed by atoms with Crippen molar-refractivity contribution in [3.8, 4) is 5.75 Å². The van der Waals surface area contributed by atoms with E-state index in [4.69, 9.17) is 11.6 Å². The third-order valence-electron chi connectivity index (χ3n) is 3.54. The normalized spacial score (nSPS) is 17.8. The fourth-order valence-electron chi connectivity index (χ4n) is 2.48. The van der Waals surface area contributed by atoms with Gasteiger partial charge in [0.25, 0.3) is 0 Å². The Bertz CT molecular complexity index is 617. The molecular formula is C16H16ClNOS. The maximum atomic E-state index is 9.86. The van der Waals surface area contributed by atoms with Crippen molar-refractivity contribution in [1.82, 2.24) is 5.32 Å². The van der Waals surface area contributed by atoms with Crippen LogP contribution in [0.5, 0.6) is 5.75 Å². The number of aromatic hydroxyl groups is 1. The number of nitrogens with one attached hydrogen (secondary N) is 1. The van der Waals surface area contributed by atoms with Crippen molar-refractivity contribution >= 4 is 23.4 Å². The zero-order valence-electron chi connectivity index (χ0n) is 11.0. The van der Waals surface area contributed by atoms with Crippen molar-refractivity contribution in [3.63, 3.8) is 0 Å². The van der Waals surface area contributed by atoms with Crippen LogP contribution in [0.15, 0.2) is 47.4 Å². The number of thioether (sulfide) groups is 1. The smallest absolute Gasteiger partial charge is 0.120 e. The SMILES string of the molecule is Oc1ccc(Cl)cc1CNC1CCSc2ccccc21. The summed E-state index contributed by atoms with van der Waals surface area (Å²) in [5.41, 5.74) is 2.19. The van der Waals surface area contributed by atoms with Crippen LogP contribution < -0.4 is 5.32 Å². The number of rotatable bonds is 3. The molecule has 2 aromatic carbocycles. The van der Waals surface area contributed by atoms with Crippen molar-refractivity contribution in [2.45, 2.75) is 23.9 Å². The molecule has 1 atom stereocenters. The van der Waals surface area contributed by atoms with E-state index in [9.17, 15) is 5.11 Å². The zero-order valence-corrected chi connectivity index (χ0v) is 12.5. The summed E-state index contributed by atoms with van der Waals surface area (Å²) in [5.74, 6) is 1.41. The van der Waals surface area contributed by atoms with Gasteiger partial charge in [-0.25, -0.2) is 0 Å². The number of hydrogen-bond donors (Lipinski definition) is 2. The minimum Gasteiger partial charge on any atom is -0.508 e. The molecule has 0 radical (unpaired) electrons. The first-order chi connectivity index (χ1) is 9.74. The fraction of sp³-hybridized carbons (Fsp3) is 0.250. The highest BCUT2D eigenvalue weighted by Gasteiger charge is 2.19. The second-order valence-corrected chi connectivity index (χ2v) is 6.45. The van der Waals surface area contributed by atoms with E-state index in [-0.39, 0.29) is 0 Å². The molecular weight excluding hydrogens is 290 g/mol. The molecule has 2 nitrogen and oxygen atoms in total. The lowest BCUT2D eigenvalue weighted by Crippen LogP contribution is -2.24. The van der Waals surface area contributed by atoms with Crippen molar-refractivity contribution in [3.05, 3.63) is 58.6 Å². The summed E-state index contributed by atoms with van der Waals surface area (Å²) >= 11 is 7.89. The Labute approximate surface area is 128 Å². The fourth-order valence-corrected chi connectivity index (χ4v) is 3.80. The van der Waals surface area contributed by atoms with Crippen molar-refractivity contribution in [2.75, 3.05) is 5.75 Å². The molecule has 4 heteroatoms. The van der Waals surface area contributed by atoms with Crippen molar-refractivity contribution < 1.29 is 5.11 Å². The van der Waals surface area contributed by atoms with E-state index >= 15 is 0 Å². The molecule has 0 saturated heterocycles. The predicted octanol–water partition coefficient (Wildman–Crippen LogP) is 4.37. The van der Waals surface area contributed by atoms with Gasteiger partial charge in [0.05, 0.1) is 0 Å². The van der Waals surface area contributed by atoms with E-state index in [0.29, 0.717) is 23.4 Å². The van der Waals surface area contributed by atoms with Gasteiger partial charge in [-0.1, -0.05) is 29.8 Å². The predicted molar refractivity (Wildman–Crippen MR) is 84.5 cm³/mol. The molecule has 1 aliphatic heterocycles. The number of halogens is 1. The Morgan fingerprint density at radius 2 is 2.10 bits per heavy atom. The maximum Gasteiger partial charge on any atom is 0.120 e. The van der Waals surface area contributed by atoms with Gasteiger partial charge in [-0.2, -0.15) is 0 Å². The van der Waals surface area contributed by atoms with Gasteiger partial charge in [-0.15, -0.1) is 11.8 Å². The Kier molecular flexibility index (Phi) is 4.20. The molecule has 0 aliphatic carbocycles. The molecule has 0 amide bonds. The molecule has 3 rings (SSSR count). The van der Waals surface area contributed by atoms with E-state index in [2.05, 4.69) is 29.6 Å². The summed E-state index contributed by atoms with van der Waals surface area (Å²) in [5, 5.41) is 14.0. The molecule has 0 fully saturated rings. The minimum absolute atomic E-state index is 0.292. The molecule has 1 unspecified atom stereocenters. The number of phenolic OH excluding ortho intramolecular Hbond substituents is 1. The molecule has 0 spiro atoms. The Morgan fingerprint density at radius 1 is 1.25 bits per heavy atom. The quantitative estimate of drug-likeness (QED) is 0.883. The molecule has 0 bridgehead atoms. The van der Waals surface area contributed by atoms with Crippen molar-refractivity contribution in [2.24, 2.45) is 0 Å². The Balaban J connectivity index is 1.75. The highest BCUT2D eigenvalue weighted by Crippen LogP contribution is 2.36. The molecule has 104 valence electrons. The van der Waals surface area contributed by atoms with Gasteiger partial charge in [0.1, 0.15) is 5.75 Å². The summed E-state index contributed by atoms with van der Waals surface area (Å²) < 4.78 is 0. The van der Waals surface area contributed by atoms with Crippen LogP contribution in [-0.2, 0) is 6.54 Å². The number of phenols is 1. The summed E-state index contributed by atoms with van der Waals surface area (Å²) in [6.07, 6.45) is 1.10. The lowest BCUT2D eigenvalue weighted by Gasteiger charge is -2.26. The zero-order chi connectivity index (χ0) is 13.9. The van der Waals surface area contributed by atoms with E-state index < -0.39 is 0 Å².